The predicted octanol–water partition coefficient (Wildman–Crippen LogP) is 6.34. The molecular formula is C29H23Cl2N3O6. The number of carbonyl (C=O) groups is 1. The number of rotatable bonds is 8. The average Bonchev–Trinajstić information content (AvgIpc) is 3.34. The monoisotopic (exact) mass is 579 g/mol. The number of fused-ring (bicyclic) bond motifs is 2. The second-order valence-electron chi connectivity index (χ2n) is 8.97. The molecule has 0 aliphatic heterocycles. The first-order chi connectivity index (χ1) is 19.2. The summed E-state index contributed by atoms with van der Waals surface area (Å²) < 4.78 is 23.2. The van der Waals surface area contributed by atoms with E-state index in [0.717, 1.165) is 10.1 Å². The van der Waals surface area contributed by atoms with Crippen molar-refractivity contribution in [2.45, 2.75) is 20.0 Å². The van der Waals surface area contributed by atoms with Gasteiger partial charge in [0.25, 0.3) is 5.56 Å². The summed E-state index contributed by atoms with van der Waals surface area (Å²) in [5, 5.41) is 6.31. The van der Waals surface area contributed by atoms with Crippen molar-refractivity contribution in [3.05, 3.63) is 86.6 Å². The topological polar surface area (TPSA) is 105 Å². The van der Waals surface area contributed by atoms with Crippen LogP contribution in [0.4, 0.5) is 0 Å². The van der Waals surface area contributed by atoms with Gasteiger partial charge in [-0.1, -0.05) is 35.3 Å². The summed E-state index contributed by atoms with van der Waals surface area (Å²) in [5.74, 6) is 0.444. The van der Waals surface area contributed by atoms with E-state index in [0.29, 0.717) is 32.8 Å². The smallest absolute Gasteiger partial charge is 0.344 e. The molecule has 0 saturated carbocycles. The van der Waals surface area contributed by atoms with Crippen LogP contribution in [0.5, 0.6) is 11.5 Å². The summed E-state index contributed by atoms with van der Waals surface area (Å²) in [5.41, 5.74) is 1.19. The summed E-state index contributed by atoms with van der Waals surface area (Å²) in [4.78, 5) is 30.1. The second-order valence-corrected chi connectivity index (χ2v) is 9.81. The van der Waals surface area contributed by atoms with Crippen LogP contribution < -0.4 is 15.0 Å². The van der Waals surface area contributed by atoms with E-state index < -0.39 is 11.5 Å². The largest absolute Gasteiger partial charge is 0.493 e. The summed E-state index contributed by atoms with van der Waals surface area (Å²) in [6, 6.07) is 17.1. The molecule has 5 aromatic rings. The van der Waals surface area contributed by atoms with Gasteiger partial charge in [0, 0.05) is 10.4 Å². The molecule has 0 bridgehead atoms. The van der Waals surface area contributed by atoms with Crippen LogP contribution in [0, 0.1) is 0 Å². The number of nitrogens with zero attached hydrogens (tertiary/aromatic N) is 3. The van der Waals surface area contributed by atoms with Crippen molar-refractivity contribution in [2.24, 2.45) is 5.10 Å². The normalized spacial score (nSPS) is 11.6. The minimum Gasteiger partial charge on any atom is -0.493 e. The Morgan fingerprint density at radius 2 is 1.93 bits per heavy atom. The van der Waals surface area contributed by atoms with Crippen molar-refractivity contribution in [2.75, 3.05) is 13.7 Å². The summed E-state index contributed by atoms with van der Waals surface area (Å²) in [7, 11) is 1.44. The third-order valence-electron chi connectivity index (χ3n) is 5.73. The molecule has 3 aromatic carbocycles. The van der Waals surface area contributed by atoms with Crippen LogP contribution in [0.1, 0.15) is 19.4 Å². The lowest BCUT2D eigenvalue weighted by atomic mass is 10.2. The molecule has 0 spiro atoms. The summed E-state index contributed by atoms with van der Waals surface area (Å²) >= 11 is 12.6. The van der Waals surface area contributed by atoms with Crippen LogP contribution in [0.2, 0.25) is 10.0 Å². The van der Waals surface area contributed by atoms with Crippen molar-refractivity contribution < 1.29 is 23.4 Å². The van der Waals surface area contributed by atoms with Crippen molar-refractivity contribution >= 4 is 57.3 Å². The fourth-order valence-electron chi connectivity index (χ4n) is 4.02. The van der Waals surface area contributed by atoms with E-state index in [1.54, 1.807) is 74.5 Å². The van der Waals surface area contributed by atoms with E-state index in [4.69, 9.17) is 41.8 Å². The van der Waals surface area contributed by atoms with Gasteiger partial charge < -0.3 is 18.6 Å². The van der Waals surface area contributed by atoms with E-state index in [9.17, 15) is 9.59 Å². The third kappa shape index (κ3) is 5.66. The van der Waals surface area contributed by atoms with Gasteiger partial charge in [-0.25, -0.2) is 9.78 Å². The van der Waals surface area contributed by atoms with Crippen LogP contribution in [0.15, 0.2) is 75.0 Å². The lowest BCUT2D eigenvalue weighted by molar-refractivity contribution is -0.149. The van der Waals surface area contributed by atoms with Crippen LogP contribution in [0.25, 0.3) is 33.5 Å². The Morgan fingerprint density at radius 3 is 2.70 bits per heavy atom. The Morgan fingerprint density at radius 1 is 1.12 bits per heavy atom. The lowest BCUT2D eigenvalue weighted by Crippen LogP contribution is -2.20. The number of carbonyl (C=O) groups excluding carboxylic acids is 1. The molecule has 0 aliphatic carbocycles. The zero-order valence-corrected chi connectivity index (χ0v) is 23.2. The van der Waals surface area contributed by atoms with Gasteiger partial charge in [0.2, 0.25) is 5.82 Å². The number of para-hydroxylation sites is 1. The van der Waals surface area contributed by atoms with E-state index in [1.807, 2.05) is 0 Å². The molecular weight excluding hydrogens is 557 g/mol. The number of halogens is 2. The van der Waals surface area contributed by atoms with Gasteiger partial charge in [-0.15, -0.1) is 0 Å². The molecule has 40 heavy (non-hydrogen) atoms. The Kier molecular flexibility index (Phi) is 7.77. The third-order valence-corrected chi connectivity index (χ3v) is 6.24. The maximum Gasteiger partial charge on any atom is 0.344 e. The Hall–Kier alpha value is -4.34. The first kappa shape index (κ1) is 27.2. The number of hydrogen-bond donors (Lipinski definition) is 0. The number of furan rings is 1. The number of hydrogen-bond acceptors (Lipinski definition) is 8. The van der Waals surface area contributed by atoms with Crippen molar-refractivity contribution in [1.82, 2.24) is 9.66 Å². The molecule has 0 amide bonds. The molecule has 204 valence electrons. The van der Waals surface area contributed by atoms with Crippen molar-refractivity contribution in [1.29, 1.82) is 0 Å². The van der Waals surface area contributed by atoms with Crippen LogP contribution >= 0.6 is 23.2 Å². The molecule has 2 aromatic heterocycles. The molecule has 5 rings (SSSR count). The highest BCUT2D eigenvalue weighted by atomic mass is 35.5. The van der Waals surface area contributed by atoms with E-state index >= 15 is 0 Å². The lowest BCUT2D eigenvalue weighted by Gasteiger charge is -2.14. The van der Waals surface area contributed by atoms with Gasteiger partial charge in [-0.2, -0.15) is 9.78 Å². The Labute approximate surface area is 238 Å². The number of esters is 1. The van der Waals surface area contributed by atoms with Crippen molar-refractivity contribution in [3.63, 3.8) is 0 Å². The van der Waals surface area contributed by atoms with Crippen LogP contribution in [0.3, 0.4) is 0 Å². The molecule has 11 heteroatoms. The first-order valence-electron chi connectivity index (χ1n) is 12.2. The SMILES string of the molecule is COc1cc(C=Nn2c(-c3cc4cc(Cl)ccc4o3)nc3ccccc3c2=O)cc(Cl)c1OCC(=O)OC(C)C. The molecule has 0 radical (unpaired) electrons. The zero-order chi connectivity index (χ0) is 28.4. The predicted molar refractivity (Wildman–Crippen MR) is 154 cm³/mol. The molecule has 0 saturated heterocycles. The first-order valence-corrected chi connectivity index (χ1v) is 12.9. The van der Waals surface area contributed by atoms with E-state index in [2.05, 4.69) is 10.1 Å². The number of aromatic nitrogens is 2. The molecule has 0 N–H and O–H groups in total. The minimum atomic E-state index is -0.540. The molecule has 0 unspecified atom stereocenters. The highest BCUT2D eigenvalue weighted by molar-refractivity contribution is 6.32. The molecule has 2 heterocycles. The maximum absolute atomic E-state index is 13.5. The van der Waals surface area contributed by atoms with Gasteiger partial charge in [0.05, 0.1) is 35.4 Å². The van der Waals surface area contributed by atoms with Gasteiger partial charge >= 0.3 is 5.97 Å². The highest BCUT2D eigenvalue weighted by Gasteiger charge is 2.18. The quantitative estimate of drug-likeness (QED) is 0.156. The highest BCUT2D eigenvalue weighted by Crippen LogP contribution is 2.36. The summed E-state index contributed by atoms with van der Waals surface area (Å²) in [6.45, 7) is 3.14. The Bertz CT molecular complexity index is 1830. The van der Waals surface area contributed by atoms with E-state index in [1.165, 1.54) is 13.3 Å². The van der Waals surface area contributed by atoms with Crippen LogP contribution in [-0.2, 0) is 9.53 Å². The minimum absolute atomic E-state index is 0.174. The number of methoxy groups -OCH3 is 1. The molecule has 0 fully saturated rings. The van der Waals surface area contributed by atoms with Gasteiger partial charge in [0.1, 0.15) is 5.58 Å². The summed E-state index contributed by atoms with van der Waals surface area (Å²) in [6.07, 6.45) is 1.16. The standard InChI is InChI=1S/C29H23Cl2N3O6/c1-16(2)39-26(35)15-38-27-21(31)10-17(11-24(27)37-3)14-32-34-28(33-22-7-5-4-6-20(22)29(34)36)25-13-18-12-19(30)8-9-23(18)40-25/h4-14,16H,15H2,1-3H3. The number of benzene rings is 3. The van der Waals surface area contributed by atoms with E-state index in [-0.39, 0.29) is 35.1 Å². The fourth-order valence-corrected chi connectivity index (χ4v) is 4.48. The van der Waals surface area contributed by atoms with Gasteiger partial charge in [-0.05, 0) is 67.9 Å². The molecule has 0 aliphatic rings. The zero-order valence-electron chi connectivity index (χ0n) is 21.7. The maximum atomic E-state index is 13.5. The molecule has 0 atom stereocenters. The average molecular weight is 580 g/mol. The Balaban J connectivity index is 1.55. The van der Waals surface area contributed by atoms with Gasteiger partial charge in [0.15, 0.2) is 23.9 Å². The van der Waals surface area contributed by atoms with Gasteiger partial charge in [-0.3, -0.25) is 4.79 Å². The van der Waals surface area contributed by atoms with Crippen LogP contribution in [-0.4, -0.2) is 41.7 Å². The second kappa shape index (κ2) is 11.4. The molecule has 9 nitrogen and oxygen atoms in total. The fraction of sp³-hybridized carbons (Fsp3) is 0.172. The van der Waals surface area contributed by atoms with Crippen molar-refractivity contribution in [3.8, 4) is 23.1 Å². The number of ether oxygens (including phenoxy) is 3.